The van der Waals surface area contributed by atoms with Gasteiger partial charge in [0.05, 0.1) is 6.42 Å². The van der Waals surface area contributed by atoms with Crippen LogP contribution in [0.25, 0.3) is 11.1 Å². The van der Waals surface area contributed by atoms with Gasteiger partial charge in [-0.3, -0.25) is 4.79 Å². The van der Waals surface area contributed by atoms with Crippen LogP contribution < -0.4 is 4.74 Å². The highest BCUT2D eigenvalue weighted by atomic mass is 19.4. The number of hydrogen-bond acceptors (Lipinski definition) is 3. The molecule has 4 nitrogen and oxygen atoms in total. The van der Waals surface area contributed by atoms with Crippen molar-refractivity contribution in [1.29, 1.82) is 0 Å². The molecule has 2 aromatic rings. The molecule has 0 spiro atoms. The Labute approximate surface area is 122 Å². The van der Waals surface area contributed by atoms with Crippen LogP contribution in [0.4, 0.5) is 17.6 Å². The number of carboxylic acid groups (broad SMARTS) is 1. The lowest BCUT2D eigenvalue weighted by molar-refractivity contribution is -0.274. The van der Waals surface area contributed by atoms with Gasteiger partial charge in [0, 0.05) is 17.3 Å². The zero-order valence-electron chi connectivity index (χ0n) is 10.9. The van der Waals surface area contributed by atoms with Crippen molar-refractivity contribution in [1.82, 2.24) is 4.98 Å². The van der Waals surface area contributed by atoms with Crippen molar-refractivity contribution in [2.24, 2.45) is 0 Å². The Morgan fingerprint density at radius 3 is 2.55 bits per heavy atom. The summed E-state index contributed by atoms with van der Waals surface area (Å²) in [4.78, 5) is 14.2. The molecule has 0 amide bonds. The molecule has 0 aliphatic carbocycles. The number of carboxylic acids is 1. The zero-order valence-corrected chi connectivity index (χ0v) is 10.9. The highest BCUT2D eigenvalue weighted by Crippen LogP contribution is 2.35. The van der Waals surface area contributed by atoms with Gasteiger partial charge in [0.1, 0.15) is 5.75 Å². The molecule has 8 heteroatoms. The Kier molecular flexibility index (Phi) is 4.30. The number of ether oxygens (including phenoxy) is 1. The Morgan fingerprint density at radius 1 is 1.23 bits per heavy atom. The maximum atomic E-state index is 13.2. The number of benzene rings is 1. The van der Waals surface area contributed by atoms with Crippen LogP contribution in [0.1, 0.15) is 5.56 Å². The maximum absolute atomic E-state index is 13.2. The number of nitrogens with zero attached hydrogens (tertiary/aromatic N) is 1. The molecule has 0 saturated carbocycles. The van der Waals surface area contributed by atoms with E-state index in [0.29, 0.717) is 0 Å². The van der Waals surface area contributed by atoms with Gasteiger partial charge in [-0.1, -0.05) is 18.2 Å². The van der Waals surface area contributed by atoms with E-state index in [-0.39, 0.29) is 16.7 Å². The number of para-hydroxylation sites is 1. The quantitative estimate of drug-likeness (QED) is 0.694. The second-order valence-electron chi connectivity index (χ2n) is 4.28. The summed E-state index contributed by atoms with van der Waals surface area (Å²) in [6.45, 7) is 0. The minimum atomic E-state index is -4.91. The lowest BCUT2D eigenvalue weighted by Gasteiger charge is -2.15. The highest BCUT2D eigenvalue weighted by Gasteiger charge is 2.32. The number of alkyl halides is 3. The molecule has 2 rings (SSSR count). The number of pyridine rings is 1. The Hall–Kier alpha value is -2.64. The van der Waals surface area contributed by atoms with Gasteiger partial charge in [-0.15, -0.1) is 13.2 Å². The van der Waals surface area contributed by atoms with E-state index in [4.69, 9.17) is 5.11 Å². The third-order valence-corrected chi connectivity index (χ3v) is 2.70. The molecule has 22 heavy (non-hydrogen) atoms. The van der Waals surface area contributed by atoms with E-state index in [2.05, 4.69) is 9.72 Å². The van der Waals surface area contributed by atoms with Crippen LogP contribution in [0.5, 0.6) is 5.75 Å². The van der Waals surface area contributed by atoms with Crippen LogP contribution in [-0.4, -0.2) is 22.4 Å². The first kappa shape index (κ1) is 15.7. The van der Waals surface area contributed by atoms with E-state index in [1.54, 1.807) is 0 Å². The summed E-state index contributed by atoms with van der Waals surface area (Å²) in [6, 6.07) is 6.04. The van der Waals surface area contributed by atoms with E-state index in [0.717, 1.165) is 18.3 Å². The predicted molar refractivity (Wildman–Crippen MR) is 67.7 cm³/mol. The maximum Gasteiger partial charge on any atom is 0.573 e. The second-order valence-corrected chi connectivity index (χ2v) is 4.28. The van der Waals surface area contributed by atoms with Gasteiger partial charge in [-0.2, -0.15) is 4.39 Å². The molecule has 0 aliphatic heterocycles. The molecule has 0 bridgehead atoms. The lowest BCUT2D eigenvalue weighted by Crippen LogP contribution is -2.17. The fourth-order valence-electron chi connectivity index (χ4n) is 1.92. The van der Waals surface area contributed by atoms with Gasteiger partial charge in [-0.05, 0) is 17.7 Å². The predicted octanol–water partition coefficient (Wildman–Crippen LogP) is 3.41. The van der Waals surface area contributed by atoms with Crippen LogP contribution in [0.3, 0.4) is 0 Å². The van der Waals surface area contributed by atoms with Crippen molar-refractivity contribution >= 4 is 5.97 Å². The first-order valence-corrected chi connectivity index (χ1v) is 5.97. The van der Waals surface area contributed by atoms with Gasteiger partial charge in [0.25, 0.3) is 0 Å². The summed E-state index contributed by atoms with van der Waals surface area (Å²) < 4.78 is 54.3. The summed E-state index contributed by atoms with van der Waals surface area (Å²) in [6.07, 6.45) is -4.49. The molecule has 0 fully saturated rings. The molecule has 0 radical (unpaired) electrons. The van der Waals surface area contributed by atoms with Crippen molar-refractivity contribution in [3.8, 4) is 16.9 Å². The number of halogens is 4. The van der Waals surface area contributed by atoms with Crippen molar-refractivity contribution in [3.05, 3.63) is 48.0 Å². The molecular weight excluding hydrogens is 306 g/mol. The molecule has 0 saturated heterocycles. The van der Waals surface area contributed by atoms with E-state index < -0.39 is 30.4 Å². The van der Waals surface area contributed by atoms with Gasteiger partial charge < -0.3 is 9.84 Å². The Balaban J connectivity index is 2.54. The van der Waals surface area contributed by atoms with Crippen LogP contribution in [0, 0.1) is 5.95 Å². The van der Waals surface area contributed by atoms with Crippen LogP contribution in [0.2, 0.25) is 0 Å². The van der Waals surface area contributed by atoms with Crippen LogP contribution >= 0.6 is 0 Å². The summed E-state index contributed by atoms with van der Waals surface area (Å²) >= 11 is 0. The third kappa shape index (κ3) is 3.94. The van der Waals surface area contributed by atoms with Crippen molar-refractivity contribution in [3.63, 3.8) is 0 Å². The van der Waals surface area contributed by atoms with E-state index >= 15 is 0 Å². The minimum absolute atomic E-state index is 0.00164. The Bertz CT molecular complexity index is 701. The molecule has 0 aliphatic rings. The first-order chi connectivity index (χ1) is 10.3. The van der Waals surface area contributed by atoms with Crippen molar-refractivity contribution in [2.75, 3.05) is 0 Å². The number of aliphatic carboxylic acids is 1. The summed E-state index contributed by atoms with van der Waals surface area (Å²) in [5.41, 5.74) is 0.0328. The average Bonchev–Trinajstić information content (AvgIpc) is 2.37. The smallest absolute Gasteiger partial charge is 0.481 e. The number of carbonyl (C=O) groups is 1. The van der Waals surface area contributed by atoms with Gasteiger partial charge in [0.2, 0.25) is 5.95 Å². The molecule has 1 aromatic carbocycles. The van der Waals surface area contributed by atoms with Gasteiger partial charge in [-0.25, -0.2) is 4.98 Å². The number of hydrogen-bond donors (Lipinski definition) is 1. The SMILES string of the molecule is O=C(O)Cc1cc(F)ncc1-c1ccccc1OC(F)(F)F. The largest absolute Gasteiger partial charge is 0.573 e. The molecule has 1 heterocycles. The molecule has 1 aromatic heterocycles. The summed E-state index contributed by atoms with van der Waals surface area (Å²) in [7, 11) is 0. The highest BCUT2D eigenvalue weighted by molar-refractivity contribution is 5.78. The van der Waals surface area contributed by atoms with Crippen molar-refractivity contribution < 1.29 is 32.2 Å². The average molecular weight is 315 g/mol. The van der Waals surface area contributed by atoms with Crippen LogP contribution in [-0.2, 0) is 11.2 Å². The zero-order chi connectivity index (χ0) is 16.3. The normalized spacial score (nSPS) is 11.3. The van der Waals surface area contributed by atoms with Gasteiger partial charge in [0.15, 0.2) is 0 Å². The Morgan fingerprint density at radius 2 is 1.91 bits per heavy atom. The number of aromatic nitrogens is 1. The van der Waals surface area contributed by atoms with Gasteiger partial charge >= 0.3 is 12.3 Å². The standard InChI is InChI=1S/C14H9F4NO3/c15-12-5-8(6-13(20)21)10(7-19-12)9-3-1-2-4-11(9)22-14(16,17)18/h1-5,7H,6H2,(H,20,21). The fourth-order valence-corrected chi connectivity index (χ4v) is 1.92. The lowest BCUT2D eigenvalue weighted by atomic mass is 9.99. The van der Waals surface area contributed by atoms with E-state index in [1.807, 2.05) is 0 Å². The topological polar surface area (TPSA) is 59.4 Å². The molecule has 116 valence electrons. The first-order valence-electron chi connectivity index (χ1n) is 5.97. The fraction of sp³-hybridized carbons (Fsp3) is 0.143. The molecule has 0 unspecified atom stereocenters. The van der Waals surface area contributed by atoms with Crippen LogP contribution in [0.15, 0.2) is 36.5 Å². The minimum Gasteiger partial charge on any atom is -0.481 e. The molecular formula is C14H9F4NO3. The van der Waals surface area contributed by atoms with E-state index in [1.165, 1.54) is 18.2 Å². The molecule has 0 atom stereocenters. The summed E-state index contributed by atoms with van der Waals surface area (Å²) in [5, 5.41) is 8.83. The number of rotatable bonds is 4. The van der Waals surface area contributed by atoms with Crippen molar-refractivity contribution in [2.45, 2.75) is 12.8 Å². The molecule has 1 N–H and O–H groups in total. The third-order valence-electron chi connectivity index (χ3n) is 2.70. The summed E-state index contributed by atoms with van der Waals surface area (Å²) in [5.74, 6) is -2.69. The van der Waals surface area contributed by atoms with E-state index in [9.17, 15) is 22.4 Å². The second kappa shape index (κ2) is 6.00. The monoisotopic (exact) mass is 315 g/mol.